The maximum absolute atomic E-state index is 12.4. The maximum atomic E-state index is 12.4. The van der Waals surface area contributed by atoms with E-state index in [1.807, 2.05) is 0 Å². The fourth-order valence-corrected chi connectivity index (χ4v) is 4.90. The largest absolute Gasteiger partial charge is 0.472 e. The third-order valence-corrected chi connectivity index (χ3v) is 6.88. The molecule has 1 aromatic rings. The number of unbranched alkanes of at least 4 members (excludes halogenated alkanes) is 9. The molecule has 1 unspecified atom stereocenters. The lowest BCUT2D eigenvalue weighted by atomic mass is 10.1. The van der Waals surface area contributed by atoms with Crippen molar-refractivity contribution < 1.29 is 28.3 Å². The quantitative estimate of drug-likeness (QED) is 0.236. The number of phosphoric ester groups is 1. The normalized spacial score (nSPS) is 22.5. The number of hydrogen-bond acceptors (Lipinski definition) is 7. The Bertz CT molecular complexity index is 871. The molecule has 0 aliphatic carbocycles. The van der Waals surface area contributed by atoms with Gasteiger partial charge in [-0.2, -0.15) is 0 Å². The Balaban J connectivity index is 1.73. The van der Waals surface area contributed by atoms with Crippen molar-refractivity contribution in [3.05, 3.63) is 32.6 Å². The van der Waals surface area contributed by atoms with Gasteiger partial charge in [-0.15, -0.1) is 0 Å². The highest BCUT2D eigenvalue weighted by molar-refractivity contribution is 7.47. The van der Waals surface area contributed by atoms with Crippen LogP contribution in [-0.2, 0) is 18.3 Å². The van der Waals surface area contributed by atoms with Crippen molar-refractivity contribution in [3.63, 3.8) is 0 Å². The van der Waals surface area contributed by atoms with Crippen molar-refractivity contribution in [3.8, 4) is 0 Å². The Kier molecular flexibility index (Phi) is 12.0. The van der Waals surface area contributed by atoms with Crippen LogP contribution in [0.25, 0.3) is 0 Å². The molecule has 10 nitrogen and oxygen atoms in total. The smallest absolute Gasteiger partial charge is 0.394 e. The molecule has 2 rings (SSSR count). The fourth-order valence-electron chi connectivity index (χ4n) is 3.92. The van der Waals surface area contributed by atoms with E-state index in [1.54, 1.807) is 6.92 Å². The van der Waals surface area contributed by atoms with E-state index in [1.165, 1.54) is 49.3 Å². The van der Waals surface area contributed by atoms with E-state index in [4.69, 9.17) is 13.8 Å². The van der Waals surface area contributed by atoms with Gasteiger partial charge >= 0.3 is 13.5 Å². The number of hydrogen-bond donors (Lipinski definition) is 3. The van der Waals surface area contributed by atoms with Crippen LogP contribution in [0.15, 0.2) is 15.8 Å². The molecule has 1 fully saturated rings. The molecule has 0 bridgehead atoms. The third-order valence-electron chi connectivity index (χ3n) is 5.84. The summed E-state index contributed by atoms with van der Waals surface area (Å²) in [6.45, 7) is 3.39. The van der Waals surface area contributed by atoms with Crippen LogP contribution in [0.3, 0.4) is 0 Å². The molecule has 1 saturated heterocycles. The predicted molar refractivity (Wildman–Crippen MR) is 124 cm³/mol. The number of H-pyrrole nitrogens is 1. The Morgan fingerprint density at radius 1 is 1.12 bits per heavy atom. The zero-order chi connectivity index (χ0) is 24.3. The lowest BCUT2D eigenvalue weighted by molar-refractivity contribution is -0.0464. The molecular formula is C22H39N2O8P. The number of aromatic amines is 1. The van der Waals surface area contributed by atoms with Gasteiger partial charge in [-0.1, -0.05) is 64.7 Å². The molecule has 2 heterocycles. The first-order valence-corrected chi connectivity index (χ1v) is 13.5. The van der Waals surface area contributed by atoms with Gasteiger partial charge in [0.15, 0.2) is 0 Å². The summed E-state index contributed by atoms with van der Waals surface area (Å²) in [6.07, 6.45) is 10.1. The third kappa shape index (κ3) is 9.47. The summed E-state index contributed by atoms with van der Waals surface area (Å²) in [6, 6.07) is 0. The van der Waals surface area contributed by atoms with Crippen molar-refractivity contribution in [1.82, 2.24) is 9.55 Å². The molecule has 33 heavy (non-hydrogen) atoms. The minimum absolute atomic E-state index is 0.0444. The summed E-state index contributed by atoms with van der Waals surface area (Å²) in [4.78, 5) is 35.9. The molecule has 0 radical (unpaired) electrons. The molecular weight excluding hydrogens is 451 g/mol. The molecule has 190 valence electrons. The number of aliphatic hydroxyl groups is 1. The van der Waals surface area contributed by atoms with Crippen LogP contribution >= 0.6 is 7.82 Å². The van der Waals surface area contributed by atoms with Gasteiger partial charge in [-0.25, -0.2) is 9.36 Å². The standard InChI is InChI=1S/C22H39N2O8P/c1-3-4-5-6-7-8-9-10-11-12-13-30-33(28,29)32-18-14-20(31-19(18)16-25)24-15-17(2)21(26)23-22(24)27/h15,18-20,25H,3-14,16H2,1-2H3,(H,28,29)(H,23,26,27)/t18-,19+,20+/m0/s1. The van der Waals surface area contributed by atoms with Crippen LogP contribution in [0.1, 0.15) is 89.3 Å². The van der Waals surface area contributed by atoms with Gasteiger partial charge in [-0.3, -0.25) is 23.4 Å². The van der Waals surface area contributed by atoms with E-state index < -0.39 is 44.1 Å². The summed E-state index contributed by atoms with van der Waals surface area (Å²) in [7, 11) is -4.35. The number of aromatic nitrogens is 2. The van der Waals surface area contributed by atoms with Gasteiger partial charge in [0.25, 0.3) is 5.56 Å². The highest BCUT2D eigenvalue weighted by Gasteiger charge is 2.41. The molecule has 1 aliphatic rings. The number of phosphoric acid groups is 1. The van der Waals surface area contributed by atoms with Crippen LogP contribution in [0.4, 0.5) is 0 Å². The summed E-state index contributed by atoms with van der Waals surface area (Å²) in [5.41, 5.74) is -0.853. The second-order valence-electron chi connectivity index (χ2n) is 8.65. The number of nitrogens with zero attached hydrogens (tertiary/aromatic N) is 1. The lowest BCUT2D eigenvalue weighted by Gasteiger charge is -2.19. The zero-order valence-electron chi connectivity index (χ0n) is 19.7. The van der Waals surface area contributed by atoms with Crippen LogP contribution < -0.4 is 11.2 Å². The molecule has 0 aromatic carbocycles. The van der Waals surface area contributed by atoms with Crippen LogP contribution in [0.2, 0.25) is 0 Å². The molecule has 0 spiro atoms. The van der Waals surface area contributed by atoms with Gasteiger partial charge in [-0.05, 0) is 13.3 Å². The van der Waals surface area contributed by atoms with E-state index >= 15 is 0 Å². The van der Waals surface area contributed by atoms with Gasteiger partial charge in [0.05, 0.1) is 13.2 Å². The Morgan fingerprint density at radius 3 is 2.33 bits per heavy atom. The second kappa shape index (κ2) is 14.2. The van der Waals surface area contributed by atoms with Crippen LogP contribution in [-0.4, -0.2) is 45.0 Å². The van der Waals surface area contributed by atoms with Crippen molar-refractivity contribution in [2.45, 2.75) is 103 Å². The number of aryl methyl sites for hydroxylation is 1. The lowest BCUT2D eigenvalue weighted by Crippen LogP contribution is -2.33. The van der Waals surface area contributed by atoms with Crippen molar-refractivity contribution in [2.75, 3.05) is 13.2 Å². The van der Waals surface area contributed by atoms with Crippen molar-refractivity contribution >= 4 is 7.82 Å². The van der Waals surface area contributed by atoms with Gasteiger partial charge in [0.2, 0.25) is 0 Å². The topological polar surface area (TPSA) is 140 Å². The average Bonchev–Trinajstić information content (AvgIpc) is 3.16. The Morgan fingerprint density at radius 2 is 1.73 bits per heavy atom. The molecule has 11 heteroatoms. The summed E-state index contributed by atoms with van der Waals surface area (Å²) in [5, 5.41) is 9.58. The molecule has 0 saturated carbocycles. The first-order chi connectivity index (χ1) is 15.8. The number of aliphatic hydroxyl groups excluding tert-OH is 1. The van der Waals surface area contributed by atoms with Crippen molar-refractivity contribution in [1.29, 1.82) is 0 Å². The van der Waals surface area contributed by atoms with Gasteiger partial charge < -0.3 is 14.7 Å². The van der Waals surface area contributed by atoms with E-state index in [9.17, 15) is 24.2 Å². The number of rotatable bonds is 16. The SMILES string of the molecule is CCCCCCCCCCCCOP(=O)(O)O[C@H]1C[C@H](n2cc(C)c(=O)[nH]c2=O)O[C@@H]1CO. The molecule has 1 aliphatic heterocycles. The molecule has 4 atom stereocenters. The molecule has 1 aromatic heterocycles. The number of nitrogens with one attached hydrogen (secondary N) is 1. The predicted octanol–water partition coefficient (Wildman–Crippen LogP) is 3.55. The minimum atomic E-state index is -4.35. The van der Waals surface area contributed by atoms with E-state index in [0.29, 0.717) is 12.0 Å². The number of ether oxygens (including phenoxy) is 1. The first-order valence-electron chi connectivity index (χ1n) is 12.0. The highest BCUT2D eigenvalue weighted by Crippen LogP contribution is 2.48. The van der Waals surface area contributed by atoms with Gasteiger partial charge in [0, 0.05) is 18.2 Å². The minimum Gasteiger partial charge on any atom is -0.394 e. The fraction of sp³-hybridized carbons (Fsp3) is 0.818. The average molecular weight is 491 g/mol. The van der Waals surface area contributed by atoms with Crippen LogP contribution in [0.5, 0.6) is 0 Å². The van der Waals surface area contributed by atoms with E-state index in [0.717, 1.165) is 19.3 Å². The van der Waals surface area contributed by atoms with Crippen LogP contribution in [0, 0.1) is 6.92 Å². The van der Waals surface area contributed by atoms with Crippen molar-refractivity contribution in [2.24, 2.45) is 0 Å². The van der Waals surface area contributed by atoms with E-state index in [-0.39, 0.29) is 13.0 Å². The maximum Gasteiger partial charge on any atom is 0.472 e. The first kappa shape index (κ1) is 28.0. The highest BCUT2D eigenvalue weighted by atomic mass is 31.2. The zero-order valence-corrected chi connectivity index (χ0v) is 20.6. The van der Waals surface area contributed by atoms with Gasteiger partial charge in [0.1, 0.15) is 18.4 Å². The monoisotopic (exact) mass is 490 g/mol. The molecule has 3 N–H and O–H groups in total. The van der Waals surface area contributed by atoms with E-state index in [2.05, 4.69) is 11.9 Å². The summed E-state index contributed by atoms with van der Waals surface area (Å²) >= 11 is 0. The summed E-state index contributed by atoms with van der Waals surface area (Å²) < 4.78 is 29.5. The summed E-state index contributed by atoms with van der Waals surface area (Å²) in [5.74, 6) is 0. The Labute approximate surface area is 194 Å². The Hall–Kier alpha value is -1.29. The second-order valence-corrected chi connectivity index (χ2v) is 10.1. The molecule has 0 amide bonds.